The number of halogens is 1. The molecule has 0 amide bonds. The second-order valence-corrected chi connectivity index (χ2v) is 6.41. The van der Waals surface area contributed by atoms with Gasteiger partial charge in [0.2, 0.25) is 0 Å². The van der Waals surface area contributed by atoms with Gasteiger partial charge in [-0.15, -0.1) is 0 Å². The Morgan fingerprint density at radius 3 is 2.40 bits per heavy atom. The van der Waals surface area contributed by atoms with Crippen LogP contribution in [-0.4, -0.2) is 12.7 Å². The summed E-state index contributed by atoms with van der Waals surface area (Å²) in [5.41, 5.74) is 8.49. The summed E-state index contributed by atoms with van der Waals surface area (Å²) in [6, 6.07) is 3.16. The Bertz CT molecular complexity index is 455. The molecule has 112 valence electrons. The fourth-order valence-corrected chi connectivity index (χ4v) is 3.48. The number of methoxy groups -OCH3 is 1. The number of nitrogens with two attached hydrogens (primary N) is 1. The molecule has 2 nitrogen and oxygen atoms in total. The summed E-state index contributed by atoms with van der Waals surface area (Å²) in [4.78, 5) is 0. The highest BCUT2D eigenvalue weighted by atomic mass is 19.1. The molecule has 0 spiro atoms. The number of hydrogen-bond donors (Lipinski definition) is 1. The first-order chi connectivity index (χ1) is 9.39. The van der Waals surface area contributed by atoms with Gasteiger partial charge in [-0.05, 0) is 62.6 Å². The Balaban J connectivity index is 2.36. The van der Waals surface area contributed by atoms with Crippen LogP contribution in [0.1, 0.15) is 55.3 Å². The lowest BCUT2D eigenvalue weighted by molar-refractivity contribution is -0.0679. The molecule has 1 aromatic rings. The van der Waals surface area contributed by atoms with Crippen LogP contribution in [0.2, 0.25) is 0 Å². The molecule has 1 atom stereocenters. The van der Waals surface area contributed by atoms with Gasteiger partial charge in [0.25, 0.3) is 0 Å². The van der Waals surface area contributed by atoms with Crippen molar-refractivity contribution in [1.29, 1.82) is 0 Å². The number of rotatable bonds is 3. The van der Waals surface area contributed by atoms with E-state index >= 15 is 0 Å². The van der Waals surface area contributed by atoms with E-state index in [9.17, 15) is 4.39 Å². The first-order valence-corrected chi connectivity index (χ1v) is 7.47. The zero-order valence-corrected chi connectivity index (χ0v) is 13.0. The quantitative estimate of drug-likeness (QED) is 0.906. The van der Waals surface area contributed by atoms with Crippen LogP contribution < -0.4 is 5.73 Å². The minimum absolute atomic E-state index is 0.204. The second kappa shape index (κ2) is 5.82. The van der Waals surface area contributed by atoms with Crippen LogP contribution in [0.15, 0.2) is 12.1 Å². The zero-order valence-electron chi connectivity index (χ0n) is 13.0. The van der Waals surface area contributed by atoms with Gasteiger partial charge < -0.3 is 10.5 Å². The molecular formula is C17H26FNO. The van der Waals surface area contributed by atoms with E-state index < -0.39 is 11.6 Å². The molecule has 0 bridgehead atoms. The van der Waals surface area contributed by atoms with Crippen LogP contribution >= 0.6 is 0 Å². The molecule has 0 aliphatic heterocycles. The number of ether oxygens (including phenoxy) is 1. The molecule has 1 saturated carbocycles. The Morgan fingerprint density at radius 1 is 1.30 bits per heavy atom. The van der Waals surface area contributed by atoms with Crippen LogP contribution in [0.5, 0.6) is 0 Å². The number of hydrogen-bond acceptors (Lipinski definition) is 2. The molecule has 20 heavy (non-hydrogen) atoms. The van der Waals surface area contributed by atoms with E-state index in [2.05, 4.69) is 6.92 Å². The molecule has 3 heteroatoms. The van der Waals surface area contributed by atoms with Gasteiger partial charge in [-0.2, -0.15) is 0 Å². The predicted octanol–water partition coefficient (Wildman–Crippen LogP) is 4.04. The summed E-state index contributed by atoms with van der Waals surface area (Å²) in [6.07, 6.45) is 3.99. The smallest absolute Gasteiger partial charge is 0.128 e. The summed E-state index contributed by atoms with van der Waals surface area (Å²) in [7, 11) is 1.71. The van der Waals surface area contributed by atoms with Crippen molar-refractivity contribution in [2.45, 2.75) is 58.1 Å². The van der Waals surface area contributed by atoms with Crippen LogP contribution in [0.25, 0.3) is 0 Å². The van der Waals surface area contributed by atoms with Gasteiger partial charge >= 0.3 is 0 Å². The third kappa shape index (κ3) is 2.75. The van der Waals surface area contributed by atoms with Crippen molar-refractivity contribution in [3.8, 4) is 0 Å². The SMILES string of the molecule is COC1(C(N)c2c(C)cc(C)cc2F)CCC(C)CC1. The van der Waals surface area contributed by atoms with Crippen LogP contribution in [0, 0.1) is 25.6 Å². The molecule has 2 N–H and O–H groups in total. The Labute approximate surface area is 121 Å². The van der Waals surface area contributed by atoms with Crippen molar-refractivity contribution in [1.82, 2.24) is 0 Å². The van der Waals surface area contributed by atoms with Gasteiger partial charge in [-0.3, -0.25) is 0 Å². The second-order valence-electron chi connectivity index (χ2n) is 6.41. The van der Waals surface area contributed by atoms with Gasteiger partial charge in [0.05, 0.1) is 11.6 Å². The van der Waals surface area contributed by atoms with E-state index in [0.29, 0.717) is 11.5 Å². The average Bonchev–Trinajstić information content (AvgIpc) is 2.38. The lowest BCUT2D eigenvalue weighted by Gasteiger charge is -2.43. The summed E-state index contributed by atoms with van der Waals surface area (Å²) >= 11 is 0. The molecule has 1 fully saturated rings. The minimum atomic E-state index is -0.423. The highest BCUT2D eigenvalue weighted by molar-refractivity contribution is 5.36. The minimum Gasteiger partial charge on any atom is -0.376 e. The molecule has 1 aliphatic carbocycles. The molecule has 2 rings (SSSR count). The highest BCUT2D eigenvalue weighted by Crippen LogP contribution is 2.43. The Morgan fingerprint density at radius 2 is 1.90 bits per heavy atom. The van der Waals surface area contributed by atoms with Gasteiger partial charge in [-0.25, -0.2) is 4.39 Å². The van der Waals surface area contributed by atoms with E-state index in [1.807, 2.05) is 19.9 Å². The monoisotopic (exact) mass is 279 g/mol. The zero-order chi connectivity index (χ0) is 14.9. The maximum absolute atomic E-state index is 14.4. The lowest BCUT2D eigenvalue weighted by Crippen LogP contribution is -2.46. The summed E-state index contributed by atoms with van der Waals surface area (Å²) in [5, 5.41) is 0. The first kappa shape index (κ1) is 15.5. The van der Waals surface area contributed by atoms with Crippen molar-refractivity contribution >= 4 is 0 Å². The average molecular weight is 279 g/mol. The fraction of sp³-hybridized carbons (Fsp3) is 0.647. The lowest BCUT2D eigenvalue weighted by atomic mass is 9.73. The molecular weight excluding hydrogens is 253 g/mol. The summed E-state index contributed by atoms with van der Waals surface area (Å²) < 4.78 is 20.2. The standard InChI is InChI=1S/C17H26FNO/c1-11-5-7-17(20-4,8-6-11)16(19)15-13(3)9-12(2)10-14(15)18/h9-11,16H,5-8,19H2,1-4H3. The molecule has 0 aromatic heterocycles. The molecule has 1 aromatic carbocycles. The largest absolute Gasteiger partial charge is 0.376 e. The molecule has 0 saturated heterocycles. The van der Waals surface area contributed by atoms with Gasteiger partial charge in [0.1, 0.15) is 5.82 Å². The third-order valence-electron chi connectivity index (χ3n) is 4.89. The maximum Gasteiger partial charge on any atom is 0.128 e. The van der Waals surface area contributed by atoms with Gasteiger partial charge in [0.15, 0.2) is 0 Å². The van der Waals surface area contributed by atoms with Crippen molar-refractivity contribution in [3.05, 3.63) is 34.6 Å². The van der Waals surface area contributed by atoms with Crippen molar-refractivity contribution in [3.63, 3.8) is 0 Å². The third-order valence-corrected chi connectivity index (χ3v) is 4.89. The van der Waals surface area contributed by atoms with E-state index in [1.54, 1.807) is 13.2 Å². The molecule has 1 aliphatic rings. The maximum atomic E-state index is 14.4. The van der Waals surface area contributed by atoms with Crippen molar-refractivity contribution in [2.24, 2.45) is 11.7 Å². The predicted molar refractivity (Wildman–Crippen MR) is 80.2 cm³/mol. The molecule has 1 unspecified atom stereocenters. The van der Waals surface area contributed by atoms with E-state index in [1.165, 1.54) is 0 Å². The van der Waals surface area contributed by atoms with Crippen LogP contribution in [0.4, 0.5) is 4.39 Å². The Hall–Kier alpha value is -0.930. The van der Waals surface area contributed by atoms with Crippen molar-refractivity contribution in [2.75, 3.05) is 7.11 Å². The van der Waals surface area contributed by atoms with Gasteiger partial charge in [0, 0.05) is 12.7 Å². The highest BCUT2D eigenvalue weighted by Gasteiger charge is 2.41. The van der Waals surface area contributed by atoms with Crippen molar-refractivity contribution < 1.29 is 9.13 Å². The van der Waals surface area contributed by atoms with E-state index in [-0.39, 0.29) is 5.82 Å². The number of aryl methyl sites for hydroxylation is 2. The number of benzene rings is 1. The normalized spacial score (nSPS) is 28.4. The van der Waals surface area contributed by atoms with Gasteiger partial charge in [-0.1, -0.05) is 13.0 Å². The molecule has 0 heterocycles. The summed E-state index contributed by atoms with van der Waals surface area (Å²) in [5.74, 6) is 0.500. The Kier molecular flexibility index (Phi) is 4.50. The summed E-state index contributed by atoms with van der Waals surface area (Å²) in [6.45, 7) is 6.09. The van der Waals surface area contributed by atoms with Crippen LogP contribution in [-0.2, 0) is 4.74 Å². The van der Waals surface area contributed by atoms with Crippen LogP contribution in [0.3, 0.4) is 0 Å². The molecule has 0 radical (unpaired) electrons. The van der Waals surface area contributed by atoms with E-state index in [4.69, 9.17) is 10.5 Å². The van der Waals surface area contributed by atoms with E-state index in [0.717, 1.165) is 36.8 Å². The first-order valence-electron chi connectivity index (χ1n) is 7.47. The fourth-order valence-electron chi connectivity index (χ4n) is 3.48. The topological polar surface area (TPSA) is 35.2 Å².